The summed E-state index contributed by atoms with van der Waals surface area (Å²) in [4.78, 5) is 10.6. The number of aliphatic carboxylic acids is 1. The molecule has 0 aliphatic rings. The van der Waals surface area contributed by atoms with Gasteiger partial charge >= 0.3 is 5.97 Å². The predicted octanol–water partition coefficient (Wildman–Crippen LogP) is 1.68. The van der Waals surface area contributed by atoms with Gasteiger partial charge in [-0.3, -0.25) is 4.79 Å². The molecule has 1 aromatic carbocycles. The summed E-state index contributed by atoms with van der Waals surface area (Å²) in [5.74, 6) is -0.302. The van der Waals surface area contributed by atoms with Crippen LogP contribution < -0.4 is 10.1 Å². The van der Waals surface area contributed by atoms with E-state index in [1.807, 2.05) is 31.2 Å². The minimum atomic E-state index is -0.780. The Bertz CT molecular complexity index is 365. The Morgan fingerprint density at radius 3 is 2.94 bits per heavy atom. The van der Waals surface area contributed by atoms with E-state index in [9.17, 15) is 4.79 Å². The lowest BCUT2D eigenvalue weighted by molar-refractivity contribution is -0.140. The summed E-state index contributed by atoms with van der Waals surface area (Å²) in [5, 5.41) is 11.7. The van der Waals surface area contributed by atoms with E-state index in [-0.39, 0.29) is 5.92 Å². The molecule has 0 aliphatic carbocycles. The van der Waals surface area contributed by atoms with Gasteiger partial charge in [0, 0.05) is 13.1 Å². The van der Waals surface area contributed by atoms with Crippen molar-refractivity contribution < 1.29 is 14.6 Å². The van der Waals surface area contributed by atoms with Crippen LogP contribution in [0, 0.1) is 12.8 Å². The molecule has 0 amide bonds. The molecule has 17 heavy (non-hydrogen) atoms. The van der Waals surface area contributed by atoms with Gasteiger partial charge in [0.15, 0.2) is 0 Å². The van der Waals surface area contributed by atoms with Crippen LogP contribution >= 0.6 is 0 Å². The fraction of sp³-hybridized carbons (Fsp3) is 0.462. The van der Waals surface area contributed by atoms with Gasteiger partial charge in [0.1, 0.15) is 12.4 Å². The van der Waals surface area contributed by atoms with E-state index < -0.39 is 5.97 Å². The maximum absolute atomic E-state index is 10.6. The molecule has 1 aromatic rings. The maximum atomic E-state index is 10.6. The lowest BCUT2D eigenvalue weighted by Gasteiger charge is -2.09. The van der Waals surface area contributed by atoms with E-state index in [4.69, 9.17) is 9.84 Å². The third-order valence-electron chi connectivity index (χ3n) is 2.41. The van der Waals surface area contributed by atoms with Crippen LogP contribution in [0.1, 0.15) is 12.5 Å². The number of benzene rings is 1. The average molecular weight is 237 g/mol. The van der Waals surface area contributed by atoms with Crippen molar-refractivity contribution in [2.75, 3.05) is 19.7 Å². The first-order valence-electron chi connectivity index (χ1n) is 5.72. The van der Waals surface area contributed by atoms with Crippen LogP contribution in [0.15, 0.2) is 24.3 Å². The minimum absolute atomic E-state index is 0.367. The van der Waals surface area contributed by atoms with Crippen molar-refractivity contribution in [3.8, 4) is 5.75 Å². The number of carbonyl (C=O) groups is 1. The van der Waals surface area contributed by atoms with Gasteiger partial charge < -0.3 is 15.2 Å². The third-order valence-corrected chi connectivity index (χ3v) is 2.41. The molecule has 0 radical (unpaired) electrons. The summed E-state index contributed by atoms with van der Waals surface area (Å²) in [5.41, 5.74) is 1.16. The van der Waals surface area contributed by atoms with Crippen molar-refractivity contribution in [1.29, 1.82) is 0 Å². The molecule has 0 saturated carbocycles. The molecular weight excluding hydrogens is 218 g/mol. The first kappa shape index (κ1) is 13.5. The molecule has 4 nitrogen and oxygen atoms in total. The van der Waals surface area contributed by atoms with Crippen LogP contribution in [-0.2, 0) is 4.79 Å². The molecule has 0 heterocycles. The van der Waals surface area contributed by atoms with E-state index in [0.717, 1.165) is 11.3 Å². The fourth-order valence-electron chi connectivity index (χ4n) is 1.35. The third kappa shape index (κ3) is 5.36. The molecule has 0 saturated heterocycles. The Labute approximate surface area is 102 Å². The highest BCUT2D eigenvalue weighted by Crippen LogP contribution is 2.11. The van der Waals surface area contributed by atoms with Crippen molar-refractivity contribution in [3.05, 3.63) is 29.8 Å². The first-order chi connectivity index (χ1) is 8.09. The fourth-order valence-corrected chi connectivity index (χ4v) is 1.35. The zero-order valence-electron chi connectivity index (χ0n) is 10.3. The summed E-state index contributed by atoms with van der Waals surface area (Å²) in [6.07, 6.45) is 0. The number of hydrogen-bond acceptors (Lipinski definition) is 3. The lowest BCUT2D eigenvalue weighted by atomic mass is 10.2. The minimum Gasteiger partial charge on any atom is -0.492 e. The van der Waals surface area contributed by atoms with Crippen LogP contribution in [0.4, 0.5) is 0 Å². The molecule has 1 unspecified atom stereocenters. The van der Waals surface area contributed by atoms with Crippen molar-refractivity contribution in [2.24, 2.45) is 5.92 Å². The Balaban J connectivity index is 2.14. The van der Waals surface area contributed by atoms with Crippen LogP contribution in [0.25, 0.3) is 0 Å². The van der Waals surface area contributed by atoms with Gasteiger partial charge in [0.2, 0.25) is 0 Å². The van der Waals surface area contributed by atoms with Gasteiger partial charge in [0.05, 0.1) is 5.92 Å². The Morgan fingerprint density at radius 1 is 1.53 bits per heavy atom. The van der Waals surface area contributed by atoms with E-state index >= 15 is 0 Å². The second-order valence-electron chi connectivity index (χ2n) is 4.11. The Morgan fingerprint density at radius 2 is 2.29 bits per heavy atom. The van der Waals surface area contributed by atoms with Gasteiger partial charge in [0.25, 0.3) is 0 Å². The summed E-state index contributed by atoms with van der Waals surface area (Å²) in [7, 11) is 0. The second-order valence-corrected chi connectivity index (χ2v) is 4.11. The number of carboxylic acid groups (broad SMARTS) is 1. The predicted molar refractivity (Wildman–Crippen MR) is 66.3 cm³/mol. The molecular formula is C13H19NO3. The molecule has 0 aliphatic heterocycles. The highest BCUT2D eigenvalue weighted by molar-refractivity contribution is 5.69. The van der Waals surface area contributed by atoms with Crippen LogP contribution in [0.5, 0.6) is 5.75 Å². The zero-order chi connectivity index (χ0) is 12.7. The number of ether oxygens (including phenoxy) is 1. The summed E-state index contributed by atoms with van der Waals surface area (Å²) in [6, 6.07) is 7.84. The van der Waals surface area contributed by atoms with Crippen molar-refractivity contribution in [2.45, 2.75) is 13.8 Å². The summed E-state index contributed by atoms with van der Waals surface area (Å²) in [6.45, 7) is 5.34. The number of carboxylic acids is 1. The van der Waals surface area contributed by atoms with Gasteiger partial charge in [-0.1, -0.05) is 19.1 Å². The second kappa shape index (κ2) is 6.91. The highest BCUT2D eigenvalue weighted by Gasteiger charge is 2.08. The van der Waals surface area contributed by atoms with E-state index in [2.05, 4.69) is 5.32 Å². The average Bonchev–Trinajstić information content (AvgIpc) is 2.28. The van der Waals surface area contributed by atoms with Crippen LogP contribution in [0.2, 0.25) is 0 Å². The SMILES string of the molecule is Cc1cccc(OCCNCC(C)C(=O)O)c1. The van der Waals surface area contributed by atoms with E-state index in [1.54, 1.807) is 6.92 Å². The molecule has 94 valence electrons. The Kier molecular flexibility index (Phi) is 5.49. The number of hydrogen-bond donors (Lipinski definition) is 2. The monoisotopic (exact) mass is 237 g/mol. The largest absolute Gasteiger partial charge is 0.492 e. The molecule has 2 N–H and O–H groups in total. The van der Waals surface area contributed by atoms with E-state index in [0.29, 0.717) is 19.7 Å². The van der Waals surface area contributed by atoms with Crippen LogP contribution in [0.3, 0.4) is 0 Å². The topological polar surface area (TPSA) is 58.6 Å². The zero-order valence-corrected chi connectivity index (χ0v) is 10.3. The standard InChI is InChI=1S/C13H19NO3/c1-10-4-3-5-12(8-10)17-7-6-14-9-11(2)13(15)16/h3-5,8,11,14H,6-7,9H2,1-2H3,(H,15,16). The lowest BCUT2D eigenvalue weighted by Crippen LogP contribution is -2.29. The van der Waals surface area contributed by atoms with Crippen molar-refractivity contribution in [1.82, 2.24) is 5.32 Å². The molecule has 1 atom stereocenters. The molecule has 0 spiro atoms. The number of nitrogens with one attached hydrogen (secondary N) is 1. The maximum Gasteiger partial charge on any atom is 0.307 e. The smallest absolute Gasteiger partial charge is 0.307 e. The summed E-state index contributed by atoms with van der Waals surface area (Å²) >= 11 is 0. The highest BCUT2D eigenvalue weighted by atomic mass is 16.5. The molecule has 1 rings (SSSR count). The van der Waals surface area contributed by atoms with Gasteiger partial charge in [-0.05, 0) is 24.6 Å². The molecule has 0 bridgehead atoms. The first-order valence-corrected chi connectivity index (χ1v) is 5.72. The summed E-state index contributed by atoms with van der Waals surface area (Å²) < 4.78 is 5.52. The molecule has 0 fully saturated rings. The Hall–Kier alpha value is -1.55. The quantitative estimate of drug-likeness (QED) is 0.708. The van der Waals surface area contributed by atoms with E-state index in [1.165, 1.54) is 0 Å². The van der Waals surface area contributed by atoms with Crippen molar-refractivity contribution >= 4 is 5.97 Å². The van der Waals surface area contributed by atoms with Crippen molar-refractivity contribution in [3.63, 3.8) is 0 Å². The molecule has 4 heteroatoms. The molecule has 0 aromatic heterocycles. The van der Waals surface area contributed by atoms with Crippen LogP contribution in [-0.4, -0.2) is 30.8 Å². The van der Waals surface area contributed by atoms with Gasteiger partial charge in [-0.25, -0.2) is 0 Å². The number of aryl methyl sites for hydroxylation is 1. The van der Waals surface area contributed by atoms with Gasteiger partial charge in [-0.15, -0.1) is 0 Å². The normalized spacial score (nSPS) is 12.1. The van der Waals surface area contributed by atoms with Gasteiger partial charge in [-0.2, -0.15) is 0 Å². The number of rotatable bonds is 7.